The highest BCUT2D eigenvalue weighted by Crippen LogP contribution is 2.28. The lowest BCUT2D eigenvalue weighted by molar-refractivity contribution is 0.0747. The van der Waals surface area contributed by atoms with Gasteiger partial charge in [-0.15, -0.1) is 0 Å². The maximum absolute atomic E-state index is 13.3. The van der Waals surface area contributed by atoms with Crippen molar-refractivity contribution in [3.63, 3.8) is 0 Å². The molecule has 1 atom stereocenters. The number of nitrogens with one attached hydrogen (secondary N) is 1. The van der Waals surface area contributed by atoms with Crippen LogP contribution in [0.15, 0.2) is 79.0 Å². The second-order valence-corrected chi connectivity index (χ2v) is 6.76. The van der Waals surface area contributed by atoms with E-state index in [1.807, 2.05) is 74.6 Å². The third kappa shape index (κ3) is 3.34. The molecule has 0 spiro atoms. The fraction of sp³-hybridized carbons (Fsp3) is 0.130. The standard InChI is InChI=1S/C23H21N3O/c1-16-11-12-18-15-21(25-20(18)14-16)23(27)26(2)22(17-8-4-3-5-9-17)19-10-6-7-13-24-19/h3-15,22,25H,1-2H3. The van der Waals surface area contributed by atoms with Gasteiger partial charge in [-0.2, -0.15) is 0 Å². The van der Waals surface area contributed by atoms with E-state index >= 15 is 0 Å². The summed E-state index contributed by atoms with van der Waals surface area (Å²) in [4.78, 5) is 22.8. The molecule has 1 N–H and O–H groups in total. The molecule has 4 heteroatoms. The summed E-state index contributed by atoms with van der Waals surface area (Å²) in [6.07, 6.45) is 1.76. The number of amides is 1. The molecule has 1 amide bonds. The normalized spacial score (nSPS) is 12.1. The van der Waals surface area contributed by atoms with Gasteiger partial charge in [0.2, 0.25) is 0 Å². The van der Waals surface area contributed by atoms with Crippen molar-refractivity contribution in [2.24, 2.45) is 0 Å². The lowest BCUT2D eigenvalue weighted by Gasteiger charge is -2.28. The average molecular weight is 355 g/mol. The van der Waals surface area contributed by atoms with Gasteiger partial charge in [0, 0.05) is 24.1 Å². The third-order valence-corrected chi connectivity index (χ3v) is 4.80. The van der Waals surface area contributed by atoms with E-state index < -0.39 is 0 Å². The molecule has 1 unspecified atom stereocenters. The Morgan fingerprint density at radius 3 is 2.52 bits per heavy atom. The minimum absolute atomic E-state index is 0.0663. The van der Waals surface area contributed by atoms with Crippen LogP contribution < -0.4 is 0 Å². The van der Waals surface area contributed by atoms with Gasteiger partial charge in [-0.25, -0.2) is 0 Å². The zero-order valence-corrected chi connectivity index (χ0v) is 15.4. The highest BCUT2D eigenvalue weighted by Gasteiger charge is 2.26. The largest absolute Gasteiger partial charge is 0.351 e. The highest BCUT2D eigenvalue weighted by atomic mass is 16.2. The van der Waals surface area contributed by atoms with Crippen molar-refractivity contribution in [1.29, 1.82) is 0 Å². The number of aryl methyl sites for hydroxylation is 1. The first-order valence-electron chi connectivity index (χ1n) is 8.96. The lowest BCUT2D eigenvalue weighted by Crippen LogP contribution is -2.32. The van der Waals surface area contributed by atoms with Crippen molar-refractivity contribution in [2.75, 3.05) is 7.05 Å². The lowest BCUT2D eigenvalue weighted by atomic mass is 10.0. The fourth-order valence-corrected chi connectivity index (χ4v) is 3.43. The fourth-order valence-electron chi connectivity index (χ4n) is 3.43. The molecule has 134 valence electrons. The summed E-state index contributed by atoms with van der Waals surface area (Å²) < 4.78 is 0. The zero-order chi connectivity index (χ0) is 18.8. The summed E-state index contributed by atoms with van der Waals surface area (Å²) in [7, 11) is 1.82. The van der Waals surface area contributed by atoms with Crippen LogP contribution >= 0.6 is 0 Å². The zero-order valence-electron chi connectivity index (χ0n) is 15.4. The van der Waals surface area contributed by atoms with Gasteiger partial charge >= 0.3 is 0 Å². The van der Waals surface area contributed by atoms with Crippen LogP contribution in [0.25, 0.3) is 10.9 Å². The first-order valence-corrected chi connectivity index (χ1v) is 8.96. The molecule has 0 saturated heterocycles. The second-order valence-electron chi connectivity index (χ2n) is 6.76. The number of aromatic amines is 1. The van der Waals surface area contributed by atoms with Crippen molar-refractivity contribution in [1.82, 2.24) is 14.9 Å². The maximum Gasteiger partial charge on any atom is 0.270 e. The Morgan fingerprint density at radius 1 is 1.00 bits per heavy atom. The first kappa shape index (κ1) is 17.0. The van der Waals surface area contributed by atoms with Gasteiger partial charge in [-0.1, -0.05) is 48.5 Å². The van der Waals surface area contributed by atoms with Gasteiger partial charge in [0.25, 0.3) is 5.91 Å². The third-order valence-electron chi connectivity index (χ3n) is 4.80. The van der Waals surface area contributed by atoms with E-state index in [4.69, 9.17) is 0 Å². The smallest absolute Gasteiger partial charge is 0.270 e. The summed E-state index contributed by atoms with van der Waals surface area (Å²) in [5, 5.41) is 1.03. The van der Waals surface area contributed by atoms with Crippen molar-refractivity contribution in [2.45, 2.75) is 13.0 Å². The van der Waals surface area contributed by atoms with Crippen LogP contribution in [0.2, 0.25) is 0 Å². The predicted octanol–water partition coefficient (Wildman–Crippen LogP) is 4.73. The Balaban J connectivity index is 1.74. The number of hydrogen-bond donors (Lipinski definition) is 1. The van der Waals surface area contributed by atoms with E-state index in [0.717, 1.165) is 27.7 Å². The molecule has 2 aromatic heterocycles. The van der Waals surface area contributed by atoms with Crippen molar-refractivity contribution >= 4 is 16.8 Å². The Labute approximate surface area is 158 Å². The van der Waals surface area contributed by atoms with Crippen LogP contribution in [0.1, 0.15) is 33.4 Å². The molecule has 27 heavy (non-hydrogen) atoms. The number of pyridine rings is 1. The number of aromatic nitrogens is 2. The number of hydrogen-bond acceptors (Lipinski definition) is 2. The molecule has 2 aromatic carbocycles. The molecule has 0 bridgehead atoms. The minimum Gasteiger partial charge on any atom is -0.351 e. The van der Waals surface area contributed by atoms with Gasteiger partial charge in [-0.3, -0.25) is 9.78 Å². The number of benzene rings is 2. The molecule has 0 radical (unpaired) electrons. The molecule has 0 aliphatic rings. The molecule has 0 aliphatic heterocycles. The minimum atomic E-state index is -0.256. The van der Waals surface area contributed by atoms with Crippen molar-refractivity contribution in [3.05, 3.63) is 102 Å². The number of rotatable bonds is 4. The van der Waals surface area contributed by atoms with E-state index in [-0.39, 0.29) is 11.9 Å². The van der Waals surface area contributed by atoms with Crippen LogP contribution in [-0.4, -0.2) is 27.8 Å². The summed E-state index contributed by atoms with van der Waals surface area (Å²) >= 11 is 0. The molecular weight excluding hydrogens is 334 g/mol. The number of fused-ring (bicyclic) bond motifs is 1. The van der Waals surface area contributed by atoms with E-state index in [1.165, 1.54) is 0 Å². The highest BCUT2D eigenvalue weighted by molar-refractivity contribution is 5.98. The molecule has 0 fully saturated rings. The monoisotopic (exact) mass is 355 g/mol. The van der Waals surface area contributed by atoms with E-state index in [9.17, 15) is 4.79 Å². The first-order chi connectivity index (χ1) is 13.1. The van der Waals surface area contributed by atoms with Crippen LogP contribution in [-0.2, 0) is 0 Å². The molecular formula is C23H21N3O. The van der Waals surface area contributed by atoms with Crippen LogP contribution in [0.5, 0.6) is 0 Å². The Morgan fingerprint density at radius 2 is 1.78 bits per heavy atom. The Bertz CT molecular complexity index is 1030. The SMILES string of the molecule is Cc1ccc2cc(C(=O)N(C)C(c3ccccc3)c3ccccn3)[nH]c2c1. The molecule has 2 heterocycles. The second kappa shape index (κ2) is 7.08. The van der Waals surface area contributed by atoms with Crippen LogP contribution in [0.3, 0.4) is 0 Å². The van der Waals surface area contributed by atoms with Gasteiger partial charge in [0.15, 0.2) is 0 Å². The molecule has 4 rings (SSSR count). The Hall–Kier alpha value is -3.40. The number of H-pyrrole nitrogens is 1. The summed E-state index contributed by atoms with van der Waals surface area (Å²) in [6, 6.07) is 23.6. The van der Waals surface area contributed by atoms with E-state index in [2.05, 4.69) is 22.1 Å². The van der Waals surface area contributed by atoms with Crippen molar-refractivity contribution in [3.8, 4) is 0 Å². The molecule has 4 aromatic rings. The maximum atomic E-state index is 13.3. The van der Waals surface area contributed by atoms with Gasteiger partial charge in [-0.05, 0) is 42.3 Å². The van der Waals surface area contributed by atoms with Crippen LogP contribution in [0.4, 0.5) is 0 Å². The Kier molecular flexibility index (Phi) is 4.47. The van der Waals surface area contributed by atoms with E-state index in [1.54, 1.807) is 11.1 Å². The van der Waals surface area contributed by atoms with E-state index in [0.29, 0.717) is 5.69 Å². The summed E-state index contributed by atoms with van der Waals surface area (Å²) in [5.74, 6) is -0.0663. The summed E-state index contributed by atoms with van der Waals surface area (Å²) in [6.45, 7) is 2.04. The molecule has 0 aliphatic carbocycles. The quantitative estimate of drug-likeness (QED) is 0.575. The number of nitrogens with zero attached hydrogens (tertiary/aromatic N) is 2. The van der Waals surface area contributed by atoms with Gasteiger partial charge < -0.3 is 9.88 Å². The predicted molar refractivity (Wildman–Crippen MR) is 108 cm³/mol. The van der Waals surface area contributed by atoms with Crippen molar-refractivity contribution < 1.29 is 4.79 Å². The number of carbonyl (C=O) groups is 1. The molecule has 0 saturated carbocycles. The van der Waals surface area contributed by atoms with Crippen LogP contribution in [0, 0.1) is 6.92 Å². The molecule has 4 nitrogen and oxygen atoms in total. The average Bonchev–Trinajstić information content (AvgIpc) is 3.12. The topological polar surface area (TPSA) is 49.0 Å². The number of carbonyl (C=O) groups excluding carboxylic acids is 1. The van der Waals surface area contributed by atoms with Gasteiger partial charge in [0.1, 0.15) is 5.69 Å². The summed E-state index contributed by atoms with van der Waals surface area (Å²) in [5.41, 5.74) is 4.58. The van der Waals surface area contributed by atoms with Gasteiger partial charge in [0.05, 0.1) is 11.7 Å².